The van der Waals surface area contributed by atoms with Gasteiger partial charge in [0.1, 0.15) is 0 Å². The maximum absolute atomic E-state index is 12.3. The number of hydrogen-bond acceptors (Lipinski definition) is 3. The maximum Gasteiger partial charge on any atom is 0.254 e. The standard InChI is InChI=1S/C14H15N3O/c18-14(17-8-6-15-7-9-17)12-4-3-11-2-1-5-16-13(11)10-12/h1-5,10,15H,6-9H2. The van der Waals surface area contributed by atoms with Gasteiger partial charge in [-0.25, -0.2) is 0 Å². The highest BCUT2D eigenvalue weighted by molar-refractivity contribution is 5.97. The second-order valence-corrected chi connectivity index (χ2v) is 4.45. The van der Waals surface area contributed by atoms with Gasteiger partial charge in [-0.15, -0.1) is 0 Å². The van der Waals surface area contributed by atoms with Gasteiger partial charge in [0.25, 0.3) is 5.91 Å². The van der Waals surface area contributed by atoms with Crippen LogP contribution in [0.2, 0.25) is 0 Å². The zero-order chi connectivity index (χ0) is 12.4. The summed E-state index contributed by atoms with van der Waals surface area (Å²) in [6, 6.07) is 9.62. The molecule has 1 fully saturated rings. The molecule has 0 saturated carbocycles. The van der Waals surface area contributed by atoms with Crippen molar-refractivity contribution in [3.8, 4) is 0 Å². The predicted molar refractivity (Wildman–Crippen MR) is 70.5 cm³/mol. The Bertz CT molecular complexity index is 576. The third-order valence-corrected chi connectivity index (χ3v) is 3.26. The van der Waals surface area contributed by atoms with Crippen LogP contribution in [0.4, 0.5) is 0 Å². The van der Waals surface area contributed by atoms with E-state index < -0.39 is 0 Å². The summed E-state index contributed by atoms with van der Waals surface area (Å²) in [5.74, 6) is 0.101. The van der Waals surface area contributed by atoms with Gasteiger partial charge in [0.05, 0.1) is 5.52 Å². The molecule has 92 valence electrons. The summed E-state index contributed by atoms with van der Waals surface area (Å²) in [5, 5.41) is 4.31. The first-order chi connectivity index (χ1) is 8.84. The first-order valence-electron chi connectivity index (χ1n) is 6.19. The topological polar surface area (TPSA) is 45.2 Å². The van der Waals surface area contributed by atoms with E-state index in [0.29, 0.717) is 0 Å². The first-order valence-corrected chi connectivity index (χ1v) is 6.19. The fraction of sp³-hybridized carbons (Fsp3) is 0.286. The number of nitrogens with one attached hydrogen (secondary N) is 1. The third kappa shape index (κ3) is 2.07. The van der Waals surface area contributed by atoms with Crippen molar-refractivity contribution in [3.05, 3.63) is 42.1 Å². The van der Waals surface area contributed by atoms with Crippen LogP contribution in [0.1, 0.15) is 10.4 Å². The fourth-order valence-electron chi connectivity index (χ4n) is 2.25. The van der Waals surface area contributed by atoms with E-state index in [9.17, 15) is 4.79 Å². The number of carbonyl (C=O) groups excluding carboxylic acids is 1. The molecule has 2 heterocycles. The molecule has 1 saturated heterocycles. The summed E-state index contributed by atoms with van der Waals surface area (Å²) in [6.45, 7) is 3.30. The van der Waals surface area contributed by atoms with Gasteiger partial charge >= 0.3 is 0 Å². The van der Waals surface area contributed by atoms with Crippen LogP contribution < -0.4 is 5.32 Å². The van der Waals surface area contributed by atoms with E-state index in [1.807, 2.05) is 35.2 Å². The maximum atomic E-state index is 12.3. The molecule has 3 rings (SSSR count). The monoisotopic (exact) mass is 241 g/mol. The molecule has 1 aromatic heterocycles. The van der Waals surface area contributed by atoms with Crippen LogP contribution in [0.15, 0.2) is 36.5 Å². The highest BCUT2D eigenvalue weighted by Gasteiger charge is 2.17. The van der Waals surface area contributed by atoms with E-state index in [1.165, 1.54) is 0 Å². The molecule has 0 spiro atoms. The minimum Gasteiger partial charge on any atom is -0.336 e. The summed E-state index contributed by atoms with van der Waals surface area (Å²) >= 11 is 0. The minimum absolute atomic E-state index is 0.101. The molecule has 0 aliphatic carbocycles. The molecule has 4 nitrogen and oxygen atoms in total. The van der Waals surface area contributed by atoms with Gasteiger partial charge in [0.15, 0.2) is 0 Å². The lowest BCUT2D eigenvalue weighted by molar-refractivity contribution is 0.0736. The van der Waals surface area contributed by atoms with Gasteiger partial charge < -0.3 is 10.2 Å². The zero-order valence-electron chi connectivity index (χ0n) is 10.1. The lowest BCUT2D eigenvalue weighted by atomic mass is 10.1. The Morgan fingerprint density at radius 2 is 2.06 bits per heavy atom. The normalized spacial score (nSPS) is 15.9. The van der Waals surface area contributed by atoms with Crippen LogP contribution in [0, 0.1) is 0 Å². The molecule has 1 aliphatic rings. The summed E-state index contributed by atoms with van der Waals surface area (Å²) in [6.07, 6.45) is 1.75. The van der Waals surface area contributed by atoms with E-state index in [0.717, 1.165) is 42.6 Å². The average Bonchev–Trinajstić information content (AvgIpc) is 2.47. The number of aromatic nitrogens is 1. The van der Waals surface area contributed by atoms with Crippen molar-refractivity contribution >= 4 is 16.8 Å². The second kappa shape index (κ2) is 4.74. The molecule has 1 aromatic carbocycles. The van der Waals surface area contributed by atoms with Gasteiger partial charge in [0, 0.05) is 43.3 Å². The van der Waals surface area contributed by atoms with E-state index in [1.54, 1.807) is 6.20 Å². The molecule has 0 bridgehead atoms. The van der Waals surface area contributed by atoms with Gasteiger partial charge in [-0.2, -0.15) is 0 Å². The van der Waals surface area contributed by atoms with Crippen molar-refractivity contribution in [1.29, 1.82) is 0 Å². The van der Waals surface area contributed by atoms with Gasteiger partial charge in [-0.3, -0.25) is 9.78 Å². The number of fused-ring (bicyclic) bond motifs is 1. The van der Waals surface area contributed by atoms with Crippen molar-refractivity contribution in [1.82, 2.24) is 15.2 Å². The number of hydrogen-bond donors (Lipinski definition) is 1. The molecule has 18 heavy (non-hydrogen) atoms. The van der Waals surface area contributed by atoms with Crippen LogP contribution >= 0.6 is 0 Å². The Morgan fingerprint density at radius 3 is 2.89 bits per heavy atom. The highest BCUT2D eigenvalue weighted by Crippen LogP contribution is 2.15. The number of rotatable bonds is 1. The largest absolute Gasteiger partial charge is 0.336 e. The molecule has 1 aliphatic heterocycles. The van der Waals surface area contributed by atoms with E-state index in [-0.39, 0.29) is 5.91 Å². The average molecular weight is 241 g/mol. The predicted octanol–water partition coefficient (Wildman–Crippen LogP) is 1.28. The summed E-state index contributed by atoms with van der Waals surface area (Å²) < 4.78 is 0. The van der Waals surface area contributed by atoms with Crippen molar-refractivity contribution in [2.24, 2.45) is 0 Å². The van der Waals surface area contributed by atoms with Gasteiger partial charge in [-0.05, 0) is 18.2 Å². The number of carbonyl (C=O) groups is 1. The van der Waals surface area contributed by atoms with Crippen LogP contribution in [0.25, 0.3) is 10.9 Å². The quantitative estimate of drug-likeness (QED) is 0.818. The van der Waals surface area contributed by atoms with Crippen LogP contribution in [0.5, 0.6) is 0 Å². The Kier molecular flexibility index (Phi) is 2.94. The molecular formula is C14H15N3O. The van der Waals surface area contributed by atoms with Crippen molar-refractivity contribution < 1.29 is 4.79 Å². The molecule has 4 heteroatoms. The number of piperazine rings is 1. The Morgan fingerprint density at radius 1 is 1.22 bits per heavy atom. The first kappa shape index (κ1) is 11.2. The minimum atomic E-state index is 0.101. The van der Waals surface area contributed by atoms with E-state index >= 15 is 0 Å². The molecule has 1 N–H and O–H groups in total. The summed E-state index contributed by atoms with van der Waals surface area (Å²) in [4.78, 5) is 18.5. The van der Waals surface area contributed by atoms with Crippen LogP contribution in [0.3, 0.4) is 0 Å². The Labute approximate surface area is 106 Å². The number of amides is 1. The zero-order valence-corrected chi connectivity index (χ0v) is 10.1. The van der Waals surface area contributed by atoms with Crippen molar-refractivity contribution in [2.75, 3.05) is 26.2 Å². The van der Waals surface area contributed by atoms with Gasteiger partial charge in [0.2, 0.25) is 0 Å². The van der Waals surface area contributed by atoms with Crippen LogP contribution in [-0.2, 0) is 0 Å². The Balaban J connectivity index is 1.91. The molecular weight excluding hydrogens is 226 g/mol. The fourth-order valence-corrected chi connectivity index (χ4v) is 2.25. The highest BCUT2D eigenvalue weighted by atomic mass is 16.2. The van der Waals surface area contributed by atoms with E-state index in [2.05, 4.69) is 10.3 Å². The molecule has 2 aromatic rings. The number of pyridine rings is 1. The van der Waals surface area contributed by atoms with Gasteiger partial charge in [-0.1, -0.05) is 12.1 Å². The number of nitrogens with zero attached hydrogens (tertiary/aromatic N) is 2. The smallest absolute Gasteiger partial charge is 0.254 e. The summed E-state index contributed by atoms with van der Waals surface area (Å²) in [7, 11) is 0. The van der Waals surface area contributed by atoms with Crippen LogP contribution in [-0.4, -0.2) is 42.0 Å². The third-order valence-electron chi connectivity index (χ3n) is 3.26. The molecule has 0 unspecified atom stereocenters. The molecule has 1 amide bonds. The van der Waals surface area contributed by atoms with E-state index in [4.69, 9.17) is 0 Å². The molecule has 0 atom stereocenters. The lowest BCUT2D eigenvalue weighted by Crippen LogP contribution is -2.46. The summed E-state index contributed by atoms with van der Waals surface area (Å²) in [5.41, 5.74) is 1.60. The van der Waals surface area contributed by atoms with Crippen molar-refractivity contribution in [2.45, 2.75) is 0 Å². The Hall–Kier alpha value is -1.94. The molecule has 0 radical (unpaired) electrons. The second-order valence-electron chi connectivity index (χ2n) is 4.45. The number of benzene rings is 1. The lowest BCUT2D eigenvalue weighted by Gasteiger charge is -2.27. The SMILES string of the molecule is O=C(c1ccc2cccnc2c1)N1CCNCC1. The van der Waals surface area contributed by atoms with Crippen molar-refractivity contribution in [3.63, 3.8) is 0 Å².